The molecule has 0 saturated heterocycles. The Kier molecular flexibility index (Phi) is 8.97. The van der Waals surface area contributed by atoms with Gasteiger partial charge in [-0.1, -0.05) is 30.3 Å². The summed E-state index contributed by atoms with van der Waals surface area (Å²) in [5, 5.41) is 4.11. The first-order chi connectivity index (χ1) is 19.1. The lowest BCUT2D eigenvalue weighted by Gasteiger charge is -2.35. The third kappa shape index (κ3) is 6.22. The zero-order chi connectivity index (χ0) is 28.9. The molecule has 0 radical (unpaired) electrons. The number of nitrogens with zero attached hydrogens (tertiary/aromatic N) is 1. The highest BCUT2D eigenvalue weighted by Crippen LogP contribution is 2.37. The second-order valence-electron chi connectivity index (χ2n) is 8.67. The average Bonchev–Trinajstić information content (AvgIpc) is 3.51. The lowest BCUT2D eigenvalue weighted by Crippen LogP contribution is -2.41. The number of nitrogens with one attached hydrogen (secondary N) is 1. The number of sulfonamides is 1. The molecule has 3 aromatic rings. The molecule has 40 heavy (non-hydrogen) atoms. The Bertz CT molecular complexity index is 1540. The maximum absolute atomic E-state index is 13.4. The molecule has 1 aliphatic rings. The Balaban J connectivity index is 1.48. The number of anilines is 1. The number of hydrogen-bond acceptors (Lipinski definition) is 10. The molecule has 2 heterocycles. The van der Waals surface area contributed by atoms with Crippen LogP contribution in [0, 0.1) is 0 Å². The molecule has 1 aliphatic heterocycles. The summed E-state index contributed by atoms with van der Waals surface area (Å²) in [5.74, 6) is -3.02. The van der Waals surface area contributed by atoms with Gasteiger partial charge in [0.05, 0.1) is 43.5 Å². The first-order valence-corrected chi connectivity index (χ1v) is 14.4. The van der Waals surface area contributed by atoms with Crippen LogP contribution >= 0.6 is 11.3 Å². The van der Waals surface area contributed by atoms with Crippen LogP contribution in [0.3, 0.4) is 0 Å². The number of methoxy groups -OCH3 is 2. The number of rotatable bonds is 9. The van der Waals surface area contributed by atoms with Gasteiger partial charge < -0.3 is 19.5 Å². The molecule has 0 fully saturated rings. The van der Waals surface area contributed by atoms with E-state index in [0.29, 0.717) is 12.0 Å². The van der Waals surface area contributed by atoms with Gasteiger partial charge in [-0.15, -0.1) is 11.3 Å². The summed E-state index contributed by atoms with van der Waals surface area (Å²) < 4.78 is 42.8. The molecule has 210 valence electrons. The Morgan fingerprint density at radius 3 is 2.45 bits per heavy atom. The molecule has 1 N–H and O–H groups in total. The van der Waals surface area contributed by atoms with Gasteiger partial charge in [-0.3, -0.25) is 9.59 Å². The van der Waals surface area contributed by atoms with E-state index >= 15 is 0 Å². The highest BCUT2D eigenvalue weighted by molar-refractivity contribution is 7.91. The molecule has 1 aromatic heterocycles. The summed E-state index contributed by atoms with van der Waals surface area (Å²) in [4.78, 5) is 49.5. The van der Waals surface area contributed by atoms with E-state index in [2.05, 4.69) is 10.1 Å². The Morgan fingerprint density at radius 2 is 1.75 bits per heavy atom. The average molecular weight is 587 g/mol. The number of carbonyl (C=O) groups excluding carboxylic acids is 4. The normalized spacial score (nSPS) is 15.0. The standard InChI is InChI=1S/C27H26N2O9S2/c1-36-26(32)18-9-10-20(27(33)37-2)21(14-18)28-23(30)16-38-24(31)15-22-19-7-4-3-6-17(19)11-12-29(22)40(34,35)25-8-5-13-39-25/h3-10,13-14,22H,11-12,15-16H2,1-2H3,(H,28,30). The molecule has 0 bridgehead atoms. The fraction of sp³-hybridized carbons (Fsp3) is 0.259. The van der Waals surface area contributed by atoms with Crippen molar-refractivity contribution < 1.29 is 41.8 Å². The summed E-state index contributed by atoms with van der Waals surface area (Å²) in [6.45, 7) is -0.531. The minimum atomic E-state index is -3.87. The quantitative estimate of drug-likeness (QED) is 0.295. The molecular formula is C27H26N2O9S2. The molecule has 0 saturated carbocycles. The number of ether oxygens (including phenoxy) is 3. The SMILES string of the molecule is COC(=O)c1ccc(C(=O)OC)c(NC(=O)COC(=O)CC2c3ccccc3CCN2S(=O)(=O)c2cccs2)c1. The van der Waals surface area contributed by atoms with Gasteiger partial charge in [-0.05, 0) is 47.2 Å². The summed E-state index contributed by atoms with van der Waals surface area (Å²) >= 11 is 1.09. The van der Waals surface area contributed by atoms with Gasteiger partial charge in [0.15, 0.2) is 6.61 Å². The first-order valence-electron chi connectivity index (χ1n) is 12.0. The van der Waals surface area contributed by atoms with Gasteiger partial charge in [0, 0.05) is 6.54 Å². The summed E-state index contributed by atoms with van der Waals surface area (Å²) in [6.07, 6.45) is 0.169. The van der Waals surface area contributed by atoms with Crippen molar-refractivity contribution in [3.63, 3.8) is 0 Å². The van der Waals surface area contributed by atoms with Crippen molar-refractivity contribution in [3.05, 3.63) is 82.2 Å². The van der Waals surface area contributed by atoms with E-state index in [4.69, 9.17) is 9.47 Å². The zero-order valence-corrected chi connectivity index (χ0v) is 23.3. The van der Waals surface area contributed by atoms with Crippen LogP contribution < -0.4 is 5.32 Å². The van der Waals surface area contributed by atoms with Crippen LogP contribution in [0.25, 0.3) is 0 Å². The smallest absolute Gasteiger partial charge is 0.339 e. The summed E-state index contributed by atoms with van der Waals surface area (Å²) in [5.41, 5.74) is 1.63. The topological polar surface area (TPSA) is 145 Å². The Morgan fingerprint density at radius 1 is 1.00 bits per heavy atom. The second kappa shape index (κ2) is 12.4. The molecule has 1 atom stereocenters. The predicted octanol–water partition coefficient (Wildman–Crippen LogP) is 3.18. The maximum atomic E-state index is 13.4. The number of esters is 3. The summed E-state index contributed by atoms with van der Waals surface area (Å²) in [6, 6.07) is 13.5. The number of carbonyl (C=O) groups is 4. The number of thiophene rings is 1. The molecule has 1 unspecified atom stereocenters. The van der Waals surface area contributed by atoms with Crippen LogP contribution in [0.1, 0.15) is 44.3 Å². The van der Waals surface area contributed by atoms with Crippen molar-refractivity contribution >= 4 is 50.9 Å². The first kappa shape index (κ1) is 28.9. The molecule has 4 rings (SSSR count). The molecule has 1 amide bonds. The van der Waals surface area contributed by atoms with E-state index in [-0.39, 0.29) is 34.0 Å². The minimum absolute atomic E-state index is 0.0249. The fourth-order valence-corrected chi connectivity index (χ4v) is 7.11. The predicted molar refractivity (Wildman–Crippen MR) is 144 cm³/mol. The second-order valence-corrected chi connectivity index (χ2v) is 11.7. The van der Waals surface area contributed by atoms with Crippen molar-refractivity contribution in [1.82, 2.24) is 4.31 Å². The number of benzene rings is 2. The molecule has 11 nitrogen and oxygen atoms in total. The highest BCUT2D eigenvalue weighted by Gasteiger charge is 2.38. The number of fused-ring (bicyclic) bond motifs is 1. The molecule has 13 heteroatoms. The van der Waals surface area contributed by atoms with Crippen LogP contribution in [-0.2, 0) is 40.2 Å². The molecule has 2 aromatic carbocycles. The van der Waals surface area contributed by atoms with E-state index in [0.717, 1.165) is 24.0 Å². The van der Waals surface area contributed by atoms with Gasteiger partial charge >= 0.3 is 17.9 Å². The van der Waals surface area contributed by atoms with Crippen molar-refractivity contribution in [2.75, 3.05) is 32.7 Å². The van der Waals surface area contributed by atoms with Crippen LogP contribution in [-0.4, -0.2) is 63.9 Å². The molecule has 0 aliphatic carbocycles. The third-order valence-corrected chi connectivity index (χ3v) is 9.55. The van der Waals surface area contributed by atoms with Gasteiger partial charge in [0.25, 0.3) is 15.9 Å². The fourth-order valence-electron chi connectivity index (χ4n) is 4.38. The maximum Gasteiger partial charge on any atom is 0.339 e. The number of amides is 1. The lowest BCUT2D eigenvalue weighted by molar-refractivity contribution is -0.148. The van der Waals surface area contributed by atoms with Gasteiger partial charge in [0.1, 0.15) is 4.21 Å². The van der Waals surface area contributed by atoms with Crippen molar-refractivity contribution in [1.29, 1.82) is 0 Å². The van der Waals surface area contributed by atoms with Crippen molar-refractivity contribution in [3.8, 4) is 0 Å². The molecule has 0 spiro atoms. The Hall–Kier alpha value is -4.07. The van der Waals surface area contributed by atoms with Crippen LogP contribution in [0.5, 0.6) is 0 Å². The van der Waals surface area contributed by atoms with Gasteiger partial charge in [-0.2, -0.15) is 4.31 Å². The van der Waals surface area contributed by atoms with Crippen molar-refractivity contribution in [2.24, 2.45) is 0 Å². The Labute approximate surface area is 234 Å². The lowest BCUT2D eigenvalue weighted by atomic mass is 9.92. The van der Waals surface area contributed by atoms with E-state index in [1.165, 1.54) is 35.7 Å². The van der Waals surface area contributed by atoms with E-state index in [1.54, 1.807) is 23.6 Å². The van der Waals surface area contributed by atoms with Crippen LogP contribution in [0.15, 0.2) is 64.2 Å². The zero-order valence-electron chi connectivity index (χ0n) is 21.6. The van der Waals surface area contributed by atoms with Crippen molar-refractivity contribution in [2.45, 2.75) is 23.1 Å². The van der Waals surface area contributed by atoms with Crippen LogP contribution in [0.2, 0.25) is 0 Å². The largest absolute Gasteiger partial charge is 0.465 e. The highest BCUT2D eigenvalue weighted by atomic mass is 32.2. The van der Waals surface area contributed by atoms with E-state index in [1.807, 2.05) is 12.1 Å². The van der Waals surface area contributed by atoms with Gasteiger partial charge in [0.2, 0.25) is 0 Å². The summed E-state index contributed by atoms with van der Waals surface area (Å²) in [7, 11) is -1.53. The van der Waals surface area contributed by atoms with Gasteiger partial charge in [-0.25, -0.2) is 18.0 Å². The number of hydrogen-bond donors (Lipinski definition) is 1. The van der Waals surface area contributed by atoms with E-state index < -0.39 is 46.5 Å². The monoisotopic (exact) mass is 586 g/mol. The molecular weight excluding hydrogens is 560 g/mol. The van der Waals surface area contributed by atoms with E-state index in [9.17, 15) is 27.6 Å². The minimum Gasteiger partial charge on any atom is -0.465 e. The third-order valence-electron chi connectivity index (χ3n) is 6.27. The van der Waals surface area contributed by atoms with Crippen LogP contribution in [0.4, 0.5) is 5.69 Å².